The second kappa shape index (κ2) is 5.14. The lowest BCUT2D eigenvalue weighted by Crippen LogP contribution is -1.94. The molecule has 0 aromatic carbocycles. The van der Waals surface area contributed by atoms with Crippen molar-refractivity contribution in [3.63, 3.8) is 0 Å². The summed E-state index contributed by atoms with van der Waals surface area (Å²) in [7, 11) is 0. The van der Waals surface area contributed by atoms with Crippen LogP contribution >= 0.6 is 0 Å². The number of fused-ring (bicyclic) bond motifs is 3. The summed E-state index contributed by atoms with van der Waals surface area (Å²) in [6, 6.07) is 7.85. The number of aromatic amines is 1. The number of aromatic nitrogens is 4. The third kappa shape index (κ3) is 2.19. The van der Waals surface area contributed by atoms with Gasteiger partial charge in [0, 0.05) is 40.5 Å². The molecule has 0 fully saturated rings. The van der Waals surface area contributed by atoms with Crippen molar-refractivity contribution in [2.24, 2.45) is 0 Å². The van der Waals surface area contributed by atoms with Crippen LogP contribution in [0, 0.1) is 5.41 Å². The van der Waals surface area contributed by atoms with Crippen molar-refractivity contribution in [2.75, 3.05) is 0 Å². The first-order valence-corrected chi connectivity index (χ1v) is 7.15. The molecule has 0 bridgehead atoms. The van der Waals surface area contributed by atoms with Gasteiger partial charge in [0.05, 0.1) is 23.1 Å². The van der Waals surface area contributed by atoms with E-state index in [1.807, 2.05) is 24.3 Å². The fourth-order valence-corrected chi connectivity index (χ4v) is 2.61. The topological polar surface area (TPSA) is 78.3 Å². The van der Waals surface area contributed by atoms with E-state index in [4.69, 9.17) is 5.41 Å². The van der Waals surface area contributed by atoms with Crippen molar-refractivity contribution < 1.29 is 0 Å². The smallest absolute Gasteiger partial charge is 0.138 e. The van der Waals surface area contributed by atoms with E-state index in [1.54, 1.807) is 24.8 Å². The number of hydrogen-bond donors (Lipinski definition) is 2. The van der Waals surface area contributed by atoms with Gasteiger partial charge in [0.25, 0.3) is 0 Å². The lowest BCUT2D eigenvalue weighted by Gasteiger charge is -2.01. The summed E-state index contributed by atoms with van der Waals surface area (Å²) in [6.45, 7) is 3.64. The molecule has 0 saturated carbocycles. The Balaban J connectivity index is 1.97. The van der Waals surface area contributed by atoms with Crippen LogP contribution in [0.2, 0.25) is 0 Å². The van der Waals surface area contributed by atoms with E-state index in [-0.39, 0.29) is 0 Å². The van der Waals surface area contributed by atoms with E-state index in [1.165, 1.54) is 6.08 Å². The summed E-state index contributed by atoms with van der Waals surface area (Å²) in [6.07, 6.45) is 8.53. The maximum atomic E-state index is 7.90. The highest BCUT2D eigenvalue weighted by molar-refractivity contribution is 6.12. The maximum absolute atomic E-state index is 7.90. The Labute approximate surface area is 132 Å². The molecule has 4 aromatic rings. The zero-order valence-corrected chi connectivity index (χ0v) is 12.2. The van der Waals surface area contributed by atoms with Gasteiger partial charge < -0.3 is 10.4 Å². The standard InChI is InChI=1S/C18H13N5/c1-2-15(19)12-6-14-13-7-16(11-4-3-5-20-8-11)21-10-17(13)23-18(14)22-9-12/h2-10,19H,1H2,(H,22,23). The number of rotatable bonds is 3. The summed E-state index contributed by atoms with van der Waals surface area (Å²) >= 11 is 0. The van der Waals surface area contributed by atoms with Gasteiger partial charge in [0.2, 0.25) is 0 Å². The molecule has 0 aliphatic carbocycles. The van der Waals surface area contributed by atoms with Gasteiger partial charge in [-0.15, -0.1) is 0 Å². The largest absolute Gasteiger partial charge is 0.338 e. The van der Waals surface area contributed by atoms with E-state index in [0.717, 1.165) is 38.8 Å². The van der Waals surface area contributed by atoms with Crippen molar-refractivity contribution in [1.29, 1.82) is 5.41 Å². The van der Waals surface area contributed by atoms with Gasteiger partial charge in [0.15, 0.2) is 0 Å². The van der Waals surface area contributed by atoms with Crippen LogP contribution in [-0.4, -0.2) is 25.6 Å². The van der Waals surface area contributed by atoms with Crippen LogP contribution in [-0.2, 0) is 0 Å². The number of pyridine rings is 3. The minimum Gasteiger partial charge on any atom is -0.338 e. The van der Waals surface area contributed by atoms with Crippen LogP contribution in [0.4, 0.5) is 0 Å². The van der Waals surface area contributed by atoms with Crippen molar-refractivity contribution in [3.05, 3.63) is 67.3 Å². The van der Waals surface area contributed by atoms with Crippen LogP contribution in [0.25, 0.3) is 33.2 Å². The summed E-state index contributed by atoms with van der Waals surface area (Å²) in [5.74, 6) is 0. The van der Waals surface area contributed by atoms with E-state index in [9.17, 15) is 0 Å². The minimum atomic E-state index is 0.357. The Morgan fingerprint density at radius 1 is 1.13 bits per heavy atom. The molecule has 0 atom stereocenters. The van der Waals surface area contributed by atoms with E-state index >= 15 is 0 Å². The first-order valence-electron chi connectivity index (χ1n) is 7.15. The highest BCUT2D eigenvalue weighted by Crippen LogP contribution is 2.28. The normalized spacial score (nSPS) is 11.0. The molecule has 2 N–H and O–H groups in total. The third-order valence-electron chi connectivity index (χ3n) is 3.81. The molecule has 0 amide bonds. The second-order valence-corrected chi connectivity index (χ2v) is 5.22. The molecule has 5 nitrogen and oxygen atoms in total. The number of hydrogen-bond acceptors (Lipinski definition) is 4. The zero-order chi connectivity index (χ0) is 15.8. The molecule has 4 aromatic heterocycles. The van der Waals surface area contributed by atoms with E-state index in [2.05, 4.69) is 26.5 Å². The van der Waals surface area contributed by atoms with Crippen molar-refractivity contribution >= 4 is 27.6 Å². The third-order valence-corrected chi connectivity index (χ3v) is 3.81. The van der Waals surface area contributed by atoms with Gasteiger partial charge in [-0.05, 0) is 30.3 Å². The molecule has 0 spiro atoms. The first kappa shape index (κ1) is 13.3. The Bertz CT molecular complexity index is 1050. The van der Waals surface area contributed by atoms with Crippen molar-refractivity contribution in [3.8, 4) is 11.3 Å². The Morgan fingerprint density at radius 2 is 2.04 bits per heavy atom. The van der Waals surface area contributed by atoms with Gasteiger partial charge >= 0.3 is 0 Å². The SMILES string of the molecule is C=CC(=N)c1cnc2[nH]c3cnc(-c4cccnc4)cc3c2c1. The fourth-order valence-electron chi connectivity index (χ4n) is 2.61. The van der Waals surface area contributed by atoms with Gasteiger partial charge in [-0.25, -0.2) is 4.98 Å². The quantitative estimate of drug-likeness (QED) is 0.566. The second-order valence-electron chi connectivity index (χ2n) is 5.22. The lowest BCUT2D eigenvalue weighted by molar-refractivity contribution is 1.28. The average Bonchev–Trinajstić information content (AvgIpc) is 2.98. The summed E-state index contributed by atoms with van der Waals surface area (Å²) in [4.78, 5) is 16.3. The zero-order valence-electron chi connectivity index (χ0n) is 12.2. The number of allylic oxidation sites excluding steroid dienone is 1. The molecular weight excluding hydrogens is 286 g/mol. The highest BCUT2D eigenvalue weighted by atomic mass is 14.9. The highest BCUT2D eigenvalue weighted by Gasteiger charge is 2.10. The van der Waals surface area contributed by atoms with Crippen molar-refractivity contribution in [1.82, 2.24) is 19.9 Å². The molecule has 110 valence electrons. The molecule has 4 rings (SSSR count). The van der Waals surface area contributed by atoms with Gasteiger partial charge in [-0.2, -0.15) is 0 Å². The number of nitrogens with one attached hydrogen (secondary N) is 2. The Kier molecular flexibility index (Phi) is 2.98. The van der Waals surface area contributed by atoms with Gasteiger partial charge in [-0.1, -0.05) is 6.58 Å². The summed E-state index contributed by atoms with van der Waals surface area (Å²) in [5, 5.41) is 9.90. The van der Waals surface area contributed by atoms with Crippen LogP contribution in [0.1, 0.15) is 5.56 Å². The predicted octanol–water partition coefficient (Wildman–Crippen LogP) is 3.73. The lowest BCUT2D eigenvalue weighted by atomic mass is 10.1. The molecule has 0 radical (unpaired) electrons. The van der Waals surface area contributed by atoms with Crippen LogP contribution in [0.15, 0.2) is 61.7 Å². The van der Waals surface area contributed by atoms with Gasteiger partial charge in [0.1, 0.15) is 5.65 Å². The van der Waals surface area contributed by atoms with Gasteiger partial charge in [-0.3, -0.25) is 9.97 Å². The van der Waals surface area contributed by atoms with E-state index in [0.29, 0.717) is 5.71 Å². The monoisotopic (exact) mass is 299 g/mol. The molecule has 0 aliphatic rings. The number of H-pyrrole nitrogens is 1. The summed E-state index contributed by atoms with van der Waals surface area (Å²) in [5.41, 5.74) is 4.62. The first-order chi connectivity index (χ1) is 11.3. The molecule has 0 aliphatic heterocycles. The molecule has 0 saturated heterocycles. The summed E-state index contributed by atoms with van der Waals surface area (Å²) < 4.78 is 0. The Morgan fingerprint density at radius 3 is 2.83 bits per heavy atom. The van der Waals surface area contributed by atoms with E-state index < -0.39 is 0 Å². The molecule has 0 unspecified atom stereocenters. The number of nitrogens with zero attached hydrogens (tertiary/aromatic N) is 3. The molecule has 4 heterocycles. The average molecular weight is 299 g/mol. The predicted molar refractivity (Wildman–Crippen MR) is 91.7 cm³/mol. The minimum absolute atomic E-state index is 0.357. The van der Waals surface area contributed by atoms with Crippen LogP contribution in [0.3, 0.4) is 0 Å². The maximum Gasteiger partial charge on any atom is 0.138 e. The van der Waals surface area contributed by atoms with Crippen LogP contribution < -0.4 is 0 Å². The molecule has 23 heavy (non-hydrogen) atoms. The van der Waals surface area contributed by atoms with Crippen LogP contribution in [0.5, 0.6) is 0 Å². The Hall–Kier alpha value is -3.34. The fraction of sp³-hybridized carbons (Fsp3) is 0. The molecule has 5 heteroatoms. The molecular formula is C18H13N5. The van der Waals surface area contributed by atoms with Crippen molar-refractivity contribution in [2.45, 2.75) is 0 Å².